The van der Waals surface area contributed by atoms with Gasteiger partial charge in [-0.25, -0.2) is 0 Å². The van der Waals surface area contributed by atoms with Crippen molar-refractivity contribution in [2.24, 2.45) is 0 Å². The molecule has 2 aromatic rings. The van der Waals surface area contributed by atoms with Gasteiger partial charge in [0.1, 0.15) is 5.75 Å². The summed E-state index contributed by atoms with van der Waals surface area (Å²) in [6, 6.07) is 10.2. The number of nitrogens with one attached hydrogen (secondary N) is 1. The summed E-state index contributed by atoms with van der Waals surface area (Å²) in [5.74, 6) is 0.247. The highest BCUT2D eigenvalue weighted by molar-refractivity contribution is 9.10. The quantitative estimate of drug-likeness (QED) is 0.760. The van der Waals surface area contributed by atoms with Gasteiger partial charge in [-0.05, 0) is 43.3 Å². The molecule has 0 unspecified atom stereocenters. The molecule has 0 saturated heterocycles. The van der Waals surface area contributed by atoms with E-state index in [9.17, 15) is 4.79 Å². The maximum atomic E-state index is 12.4. The van der Waals surface area contributed by atoms with Gasteiger partial charge in [0.15, 0.2) is 0 Å². The number of anilines is 1. The van der Waals surface area contributed by atoms with Crippen molar-refractivity contribution in [1.82, 2.24) is 0 Å². The molecule has 21 heavy (non-hydrogen) atoms. The van der Waals surface area contributed by atoms with Crippen LogP contribution in [0, 0.1) is 0 Å². The van der Waals surface area contributed by atoms with Gasteiger partial charge in [-0.3, -0.25) is 4.79 Å². The van der Waals surface area contributed by atoms with Crippen LogP contribution in [0.4, 0.5) is 5.69 Å². The van der Waals surface area contributed by atoms with Crippen molar-refractivity contribution in [2.45, 2.75) is 6.92 Å². The molecule has 6 heteroatoms. The van der Waals surface area contributed by atoms with Gasteiger partial charge in [-0.1, -0.05) is 39.1 Å². The van der Waals surface area contributed by atoms with Crippen molar-refractivity contribution >= 4 is 50.7 Å². The Morgan fingerprint density at radius 2 is 1.95 bits per heavy atom. The highest BCUT2D eigenvalue weighted by Crippen LogP contribution is 2.27. The molecule has 0 radical (unpaired) electrons. The van der Waals surface area contributed by atoms with Crippen LogP contribution in [-0.4, -0.2) is 12.5 Å². The first-order valence-electron chi connectivity index (χ1n) is 6.20. The van der Waals surface area contributed by atoms with Crippen LogP contribution in [0.1, 0.15) is 17.3 Å². The molecule has 0 aliphatic heterocycles. The third-order valence-corrected chi connectivity index (χ3v) is 3.90. The molecule has 0 bridgehead atoms. The SMILES string of the molecule is CCOc1ccc(Br)cc1C(=O)Nc1ccc(Cl)c(Cl)c1. The number of carbonyl (C=O) groups excluding carboxylic acids is 1. The van der Waals surface area contributed by atoms with E-state index in [2.05, 4.69) is 21.2 Å². The number of ether oxygens (including phenoxy) is 1. The van der Waals surface area contributed by atoms with Crippen molar-refractivity contribution in [2.75, 3.05) is 11.9 Å². The van der Waals surface area contributed by atoms with E-state index in [1.54, 1.807) is 30.3 Å². The molecule has 0 atom stereocenters. The second kappa shape index (κ2) is 7.16. The molecule has 0 aliphatic rings. The fraction of sp³-hybridized carbons (Fsp3) is 0.133. The fourth-order valence-corrected chi connectivity index (χ4v) is 2.39. The molecular formula is C15H12BrCl2NO2. The van der Waals surface area contributed by atoms with Gasteiger partial charge in [0.25, 0.3) is 5.91 Å². The molecule has 0 fully saturated rings. The third-order valence-electron chi connectivity index (χ3n) is 2.66. The molecule has 2 rings (SSSR count). The lowest BCUT2D eigenvalue weighted by Crippen LogP contribution is -2.13. The molecule has 0 spiro atoms. The molecule has 0 aromatic heterocycles. The minimum absolute atomic E-state index is 0.280. The summed E-state index contributed by atoms with van der Waals surface area (Å²) in [6.07, 6.45) is 0. The van der Waals surface area contributed by atoms with Crippen molar-refractivity contribution in [1.29, 1.82) is 0 Å². The Morgan fingerprint density at radius 3 is 2.62 bits per heavy atom. The number of carbonyl (C=O) groups is 1. The third kappa shape index (κ3) is 4.13. The second-order valence-corrected chi connectivity index (χ2v) is 5.89. The van der Waals surface area contributed by atoms with Gasteiger partial charge < -0.3 is 10.1 Å². The van der Waals surface area contributed by atoms with Crippen molar-refractivity contribution in [3.05, 3.63) is 56.5 Å². The predicted molar refractivity (Wildman–Crippen MR) is 89.7 cm³/mol. The van der Waals surface area contributed by atoms with E-state index in [1.165, 1.54) is 0 Å². The average molecular weight is 389 g/mol. The Morgan fingerprint density at radius 1 is 1.19 bits per heavy atom. The number of rotatable bonds is 4. The summed E-state index contributed by atoms with van der Waals surface area (Å²) in [6.45, 7) is 2.34. The van der Waals surface area contributed by atoms with Gasteiger partial charge in [-0.2, -0.15) is 0 Å². The summed E-state index contributed by atoms with van der Waals surface area (Å²) in [5, 5.41) is 3.59. The fourth-order valence-electron chi connectivity index (χ4n) is 1.73. The van der Waals surface area contributed by atoms with Crippen LogP contribution in [0.2, 0.25) is 10.0 Å². The first-order chi connectivity index (χ1) is 10.0. The number of benzene rings is 2. The highest BCUT2D eigenvalue weighted by atomic mass is 79.9. The van der Waals surface area contributed by atoms with E-state index < -0.39 is 0 Å². The minimum atomic E-state index is -0.280. The van der Waals surface area contributed by atoms with Crippen molar-refractivity contribution in [3.8, 4) is 5.75 Å². The van der Waals surface area contributed by atoms with Gasteiger partial charge in [-0.15, -0.1) is 0 Å². The first-order valence-corrected chi connectivity index (χ1v) is 7.75. The molecular weight excluding hydrogens is 377 g/mol. The summed E-state index contributed by atoms with van der Waals surface area (Å²) < 4.78 is 6.26. The van der Waals surface area contributed by atoms with E-state index in [-0.39, 0.29) is 5.91 Å². The Balaban J connectivity index is 2.27. The van der Waals surface area contributed by atoms with Gasteiger partial charge >= 0.3 is 0 Å². The van der Waals surface area contributed by atoms with E-state index >= 15 is 0 Å². The Labute approximate surface area is 141 Å². The monoisotopic (exact) mass is 387 g/mol. The van der Waals surface area contributed by atoms with E-state index in [0.717, 1.165) is 4.47 Å². The lowest BCUT2D eigenvalue weighted by Gasteiger charge is -2.11. The van der Waals surface area contributed by atoms with Gasteiger partial charge in [0.05, 0.1) is 22.2 Å². The zero-order valence-electron chi connectivity index (χ0n) is 11.1. The van der Waals surface area contributed by atoms with Crippen molar-refractivity contribution < 1.29 is 9.53 Å². The number of hydrogen-bond acceptors (Lipinski definition) is 2. The standard InChI is InChI=1S/C15H12BrCl2NO2/c1-2-21-14-6-3-9(16)7-11(14)15(20)19-10-4-5-12(17)13(18)8-10/h3-8H,2H2,1H3,(H,19,20). The summed E-state index contributed by atoms with van der Waals surface area (Å²) in [7, 11) is 0. The molecule has 3 nitrogen and oxygen atoms in total. The Hall–Kier alpha value is -1.23. The highest BCUT2D eigenvalue weighted by Gasteiger charge is 2.14. The first kappa shape index (κ1) is 16.1. The van der Waals surface area contributed by atoms with E-state index in [1.807, 2.05) is 13.0 Å². The Bertz CT molecular complexity index is 677. The largest absolute Gasteiger partial charge is 0.493 e. The predicted octanol–water partition coefficient (Wildman–Crippen LogP) is 5.41. The van der Waals surface area contributed by atoms with Crippen LogP contribution in [-0.2, 0) is 0 Å². The lowest BCUT2D eigenvalue weighted by molar-refractivity contribution is 0.102. The molecule has 110 valence electrons. The zero-order valence-corrected chi connectivity index (χ0v) is 14.2. The number of halogens is 3. The smallest absolute Gasteiger partial charge is 0.259 e. The van der Waals surface area contributed by atoms with Crippen LogP contribution >= 0.6 is 39.1 Å². The van der Waals surface area contributed by atoms with Crippen LogP contribution in [0.25, 0.3) is 0 Å². The summed E-state index contributed by atoms with van der Waals surface area (Å²) in [4.78, 5) is 12.4. The van der Waals surface area contributed by atoms with E-state index in [4.69, 9.17) is 27.9 Å². The number of amides is 1. The lowest BCUT2D eigenvalue weighted by atomic mass is 10.2. The maximum absolute atomic E-state index is 12.4. The average Bonchev–Trinajstić information content (AvgIpc) is 2.45. The topological polar surface area (TPSA) is 38.3 Å². The summed E-state index contributed by atoms with van der Waals surface area (Å²) >= 11 is 15.1. The van der Waals surface area contributed by atoms with E-state index in [0.29, 0.717) is 33.7 Å². The second-order valence-electron chi connectivity index (χ2n) is 4.16. The molecule has 0 heterocycles. The van der Waals surface area contributed by atoms with Crippen LogP contribution in [0.5, 0.6) is 5.75 Å². The van der Waals surface area contributed by atoms with Crippen LogP contribution in [0.3, 0.4) is 0 Å². The van der Waals surface area contributed by atoms with Crippen molar-refractivity contribution in [3.63, 3.8) is 0 Å². The molecule has 1 N–H and O–H groups in total. The maximum Gasteiger partial charge on any atom is 0.259 e. The Kier molecular flexibility index (Phi) is 5.51. The van der Waals surface area contributed by atoms with Gasteiger partial charge in [0, 0.05) is 10.2 Å². The molecule has 1 amide bonds. The summed E-state index contributed by atoms with van der Waals surface area (Å²) in [5.41, 5.74) is 1.01. The molecule has 0 aliphatic carbocycles. The van der Waals surface area contributed by atoms with Crippen LogP contribution in [0.15, 0.2) is 40.9 Å². The molecule has 0 saturated carbocycles. The van der Waals surface area contributed by atoms with Gasteiger partial charge in [0.2, 0.25) is 0 Å². The zero-order chi connectivity index (χ0) is 15.4. The molecule has 2 aromatic carbocycles. The van der Waals surface area contributed by atoms with Crippen LogP contribution < -0.4 is 10.1 Å². The minimum Gasteiger partial charge on any atom is -0.493 e. The number of hydrogen-bond donors (Lipinski definition) is 1. The normalized spacial score (nSPS) is 10.3.